The van der Waals surface area contributed by atoms with Gasteiger partial charge in [0.25, 0.3) is 0 Å². The molecule has 0 bridgehead atoms. The fraction of sp³-hybridized carbons (Fsp3) is 0.556. The van der Waals surface area contributed by atoms with Crippen molar-refractivity contribution < 1.29 is 9.52 Å². The Balaban J connectivity index is 2.80. The SMILES string of the molecule is CNC(c1ccc(C)o1)C(C)O. The summed E-state index contributed by atoms with van der Waals surface area (Å²) in [5, 5.41) is 12.3. The summed E-state index contributed by atoms with van der Waals surface area (Å²) in [4.78, 5) is 0. The molecule has 3 nitrogen and oxygen atoms in total. The summed E-state index contributed by atoms with van der Waals surface area (Å²) in [6.07, 6.45) is -0.444. The molecule has 1 aromatic rings. The van der Waals surface area contributed by atoms with Gasteiger partial charge in [-0.25, -0.2) is 0 Å². The Hall–Kier alpha value is -0.800. The van der Waals surface area contributed by atoms with Gasteiger partial charge in [-0.15, -0.1) is 0 Å². The zero-order valence-electron chi connectivity index (χ0n) is 7.66. The lowest BCUT2D eigenvalue weighted by Crippen LogP contribution is -2.26. The molecule has 0 amide bonds. The number of furan rings is 1. The molecule has 0 saturated heterocycles. The quantitative estimate of drug-likeness (QED) is 0.715. The fourth-order valence-electron chi connectivity index (χ4n) is 1.24. The average Bonchev–Trinajstić information content (AvgIpc) is 2.37. The van der Waals surface area contributed by atoms with Gasteiger partial charge in [0.15, 0.2) is 0 Å². The van der Waals surface area contributed by atoms with Crippen LogP contribution in [0.1, 0.15) is 24.5 Å². The maximum Gasteiger partial charge on any atom is 0.123 e. The van der Waals surface area contributed by atoms with Gasteiger partial charge in [0, 0.05) is 0 Å². The third-order valence-corrected chi connectivity index (χ3v) is 1.86. The van der Waals surface area contributed by atoms with Gasteiger partial charge in [-0.3, -0.25) is 0 Å². The molecule has 0 aliphatic heterocycles. The number of hydrogen-bond acceptors (Lipinski definition) is 3. The van der Waals surface area contributed by atoms with Crippen LogP contribution in [-0.4, -0.2) is 18.3 Å². The minimum atomic E-state index is -0.444. The molecular weight excluding hydrogens is 154 g/mol. The first kappa shape index (κ1) is 9.29. The van der Waals surface area contributed by atoms with Crippen LogP contribution in [0.5, 0.6) is 0 Å². The second kappa shape index (κ2) is 3.74. The molecule has 2 atom stereocenters. The van der Waals surface area contributed by atoms with Crippen molar-refractivity contribution in [1.29, 1.82) is 0 Å². The highest BCUT2D eigenvalue weighted by atomic mass is 16.3. The van der Waals surface area contributed by atoms with Gasteiger partial charge < -0.3 is 14.8 Å². The lowest BCUT2D eigenvalue weighted by molar-refractivity contribution is 0.137. The lowest BCUT2D eigenvalue weighted by Gasteiger charge is -2.16. The lowest BCUT2D eigenvalue weighted by atomic mass is 10.1. The Bertz CT molecular complexity index is 242. The third kappa shape index (κ3) is 1.87. The standard InChI is InChI=1S/C9H15NO2/c1-6-4-5-8(12-6)9(10-3)7(2)11/h4-5,7,9-11H,1-3H3. The number of aliphatic hydroxyl groups is 1. The zero-order valence-corrected chi connectivity index (χ0v) is 7.66. The predicted octanol–water partition coefficient (Wildman–Crippen LogP) is 1.23. The normalized spacial score (nSPS) is 16.0. The number of nitrogens with one attached hydrogen (secondary N) is 1. The van der Waals surface area contributed by atoms with Crippen molar-refractivity contribution in [1.82, 2.24) is 5.32 Å². The Labute approximate surface area is 72.4 Å². The Kier molecular flexibility index (Phi) is 2.89. The molecule has 0 spiro atoms. The minimum absolute atomic E-state index is 0.112. The van der Waals surface area contributed by atoms with Crippen LogP contribution in [-0.2, 0) is 0 Å². The maximum absolute atomic E-state index is 9.35. The van der Waals surface area contributed by atoms with E-state index in [1.54, 1.807) is 14.0 Å². The van der Waals surface area contributed by atoms with Crippen molar-refractivity contribution in [3.05, 3.63) is 23.7 Å². The molecule has 0 radical (unpaired) electrons. The average molecular weight is 169 g/mol. The molecule has 1 aromatic heterocycles. The van der Waals surface area contributed by atoms with Gasteiger partial charge in [0.1, 0.15) is 11.5 Å². The van der Waals surface area contributed by atoms with E-state index in [0.29, 0.717) is 0 Å². The van der Waals surface area contributed by atoms with E-state index >= 15 is 0 Å². The van der Waals surface area contributed by atoms with Crippen molar-refractivity contribution in [3.8, 4) is 0 Å². The van der Waals surface area contributed by atoms with Crippen molar-refractivity contribution in [2.75, 3.05) is 7.05 Å². The first-order chi connectivity index (χ1) is 5.65. The van der Waals surface area contributed by atoms with E-state index in [0.717, 1.165) is 11.5 Å². The summed E-state index contributed by atoms with van der Waals surface area (Å²) < 4.78 is 5.38. The van der Waals surface area contributed by atoms with Crippen LogP contribution in [0.4, 0.5) is 0 Å². The highest BCUT2D eigenvalue weighted by Crippen LogP contribution is 2.18. The van der Waals surface area contributed by atoms with Crippen molar-refractivity contribution in [2.45, 2.75) is 26.0 Å². The molecule has 1 heterocycles. The second-order valence-electron chi connectivity index (χ2n) is 2.96. The third-order valence-electron chi connectivity index (χ3n) is 1.86. The van der Waals surface area contributed by atoms with Gasteiger partial charge in [-0.05, 0) is 33.0 Å². The van der Waals surface area contributed by atoms with Crippen LogP contribution < -0.4 is 5.32 Å². The van der Waals surface area contributed by atoms with Crippen LogP contribution in [0.2, 0.25) is 0 Å². The Morgan fingerprint density at radius 2 is 2.17 bits per heavy atom. The zero-order chi connectivity index (χ0) is 9.14. The summed E-state index contributed by atoms with van der Waals surface area (Å²) in [6.45, 7) is 3.62. The molecule has 0 aliphatic carbocycles. The number of likely N-dealkylation sites (N-methyl/N-ethyl adjacent to an activating group) is 1. The molecule has 0 fully saturated rings. The van der Waals surface area contributed by atoms with Gasteiger partial charge >= 0.3 is 0 Å². The summed E-state index contributed by atoms with van der Waals surface area (Å²) in [6, 6.07) is 3.66. The molecule has 0 saturated carbocycles. The monoisotopic (exact) mass is 169 g/mol. The van der Waals surface area contributed by atoms with E-state index in [1.807, 2.05) is 19.1 Å². The van der Waals surface area contributed by atoms with Gasteiger partial charge in [-0.2, -0.15) is 0 Å². The van der Waals surface area contributed by atoms with E-state index in [2.05, 4.69) is 5.32 Å². The first-order valence-corrected chi connectivity index (χ1v) is 4.07. The number of aliphatic hydroxyl groups excluding tert-OH is 1. The minimum Gasteiger partial charge on any atom is -0.465 e. The van der Waals surface area contributed by atoms with E-state index in [-0.39, 0.29) is 6.04 Å². The van der Waals surface area contributed by atoms with Crippen LogP contribution in [0, 0.1) is 6.92 Å². The van der Waals surface area contributed by atoms with Crippen LogP contribution in [0.25, 0.3) is 0 Å². The molecule has 0 aromatic carbocycles. The van der Waals surface area contributed by atoms with Gasteiger partial charge in [-0.1, -0.05) is 0 Å². The number of rotatable bonds is 3. The van der Waals surface area contributed by atoms with E-state index in [1.165, 1.54) is 0 Å². The smallest absolute Gasteiger partial charge is 0.123 e. The van der Waals surface area contributed by atoms with Gasteiger partial charge in [0.05, 0.1) is 12.1 Å². The molecule has 2 unspecified atom stereocenters. The number of aryl methyl sites for hydroxylation is 1. The van der Waals surface area contributed by atoms with Crippen LogP contribution in [0.3, 0.4) is 0 Å². The molecular formula is C9H15NO2. The molecule has 0 aliphatic rings. The molecule has 12 heavy (non-hydrogen) atoms. The predicted molar refractivity (Wildman–Crippen MR) is 46.9 cm³/mol. The molecule has 2 N–H and O–H groups in total. The van der Waals surface area contributed by atoms with E-state index < -0.39 is 6.10 Å². The van der Waals surface area contributed by atoms with Crippen molar-refractivity contribution in [3.63, 3.8) is 0 Å². The first-order valence-electron chi connectivity index (χ1n) is 4.07. The topological polar surface area (TPSA) is 45.4 Å². The summed E-state index contributed by atoms with van der Waals surface area (Å²) >= 11 is 0. The summed E-state index contributed by atoms with van der Waals surface area (Å²) in [5.74, 6) is 1.65. The fourth-order valence-corrected chi connectivity index (χ4v) is 1.24. The second-order valence-corrected chi connectivity index (χ2v) is 2.96. The molecule has 68 valence electrons. The maximum atomic E-state index is 9.35. The molecule has 3 heteroatoms. The van der Waals surface area contributed by atoms with E-state index in [4.69, 9.17) is 4.42 Å². The Morgan fingerprint density at radius 3 is 2.50 bits per heavy atom. The van der Waals surface area contributed by atoms with Crippen molar-refractivity contribution >= 4 is 0 Å². The van der Waals surface area contributed by atoms with E-state index in [9.17, 15) is 5.11 Å². The number of hydrogen-bond donors (Lipinski definition) is 2. The van der Waals surface area contributed by atoms with Crippen LogP contribution >= 0.6 is 0 Å². The Morgan fingerprint density at radius 1 is 1.50 bits per heavy atom. The van der Waals surface area contributed by atoms with Crippen molar-refractivity contribution in [2.24, 2.45) is 0 Å². The largest absolute Gasteiger partial charge is 0.465 e. The molecule has 1 rings (SSSR count). The highest BCUT2D eigenvalue weighted by Gasteiger charge is 2.17. The summed E-state index contributed by atoms with van der Waals surface area (Å²) in [7, 11) is 1.80. The summed E-state index contributed by atoms with van der Waals surface area (Å²) in [5.41, 5.74) is 0. The van der Waals surface area contributed by atoms with Crippen LogP contribution in [0.15, 0.2) is 16.5 Å². The highest BCUT2D eigenvalue weighted by molar-refractivity contribution is 5.10. The van der Waals surface area contributed by atoms with Gasteiger partial charge in [0.2, 0.25) is 0 Å².